The minimum absolute atomic E-state index is 0.0167. The van der Waals surface area contributed by atoms with Crippen LogP contribution in [0, 0.1) is 0 Å². The van der Waals surface area contributed by atoms with Crippen molar-refractivity contribution in [3.63, 3.8) is 0 Å². The molecular weight excluding hydrogens is 298 g/mol. The Morgan fingerprint density at radius 3 is 2.86 bits per heavy atom. The van der Waals surface area contributed by atoms with Crippen LogP contribution in [0.2, 0.25) is 0 Å². The molecule has 2 aromatic rings. The van der Waals surface area contributed by atoms with Gasteiger partial charge in [-0.1, -0.05) is 23.9 Å². The van der Waals surface area contributed by atoms with Crippen molar-refractivity contribution in [2.75, 3.05) is 18.4 Å². The molecular formula is C15H19N5OS. The average molecular weight is 317 g/mol. The van der Waals surface area contributed by atoms with Gasteiger partial charge >= 0.3 is 6.03 Å². The van der Waals surface area contributed by atoms with Crippen molar-refractivity contribution in [3.05, 3.63) is 36.2 Å². The first kappa shape index (κ1) is 14.9. The number of nitrogens with zero attached hydrogens (tertiary/aromatic N) is 4. The monoisotopic (exact) mass is 317 g/mol. The third-order valence-corrected chi connectivity index (χ3v) is 4.91. The molecule has 116 valence electrons. The van der Waals surface area contributed by atoms with Crippen LogP contribution in [0.25, 0.3) is 0 Å². The first-order chi connectivity index (χ1) is 10.6. The molecule has 3 rings (SSSR count). The van der Waals surface area contributed by atoms with E-state index in [4.69, 9.17) is 0 Å². The molecule has 1 N–H and O–H groups in total. The molecule has 1 aromatic carbocycles. The van der Waals surface area contributed by atoms with Gasteiger partial charge in [0.05, 0.1) is 0 Å². The van der Waals surface area contributed by atoms with E-state index in [2.05, 4.69) is 28.5 Å². The molecule has 0 radical (unpaired) electrons. The highest BCUT2D eigenvalue weighted by atomic mass is 32.2. The number of aryl methyl sites for hydroxylation is 1. The lowest BCUT2D eigenvalue weighted by atomic mass is 10.1. The summed E-state index contributed by atoms with van der Waals surface area (Å²) in [5.41, 5.74) is 1.98. The number of carbonyl (C=O) groups excluding carboxylic acids is 1. The number of anilines is 1. The Balaban J connectivity index is 1.67. The molecule has 1 atom stereocenters. The van der Waals surface area contributed by atoms with Crippen molar-refractivity contribution in [1.82, 2.24) is 19.7 Å². The molecule has 1 aliphatic rings. The van der Waals surface area contributed by atoms with E-state index < -0.39 is 0 Å². The summed E-state index contributed by atoms with van der Waals surface area (Å²) in [5, 5.41) is 12.0. The zero-order valence-electron chi connectivity index (χ0n) is 12.7. The van der Waals surface area contributed by atoms with Gasteiger partial charge in [0, 0.05) is 31.1 Å². The van der Waals surface area contributed by atoms with Crippen LogP contribution < -0.4 is 5.32 Å². The van der Waals surface area contributed by atoms with E-state index in [9.17, 15) is 4.79 Å². The lowest BCUT2D eigenvalue weighted by Gasteiger charge is -2.30. The summed E-state index contributed by atoms with van der Waals surface area (Å²) in [4.78, 5) is 13.8. The fraction of sp³-hybridized carbons (Fsp3) is 0.400. The van der Waals surface area contributed by atoms with Gasteiger partial charge in [-0.25, -0.2) is 4.79 Å². The number of thioether (sulfide) groups is 1. The van der Waals surface area contributed by atoms with E-state index in [0.717, 1.165) is 35.9 Å². The van der Waals surface area contributed by atoms with Crippen LogP contribution in [-0.2, 0) is 7.05 Å². The number of hydrogen-bond acceptors (Lipinski definition) is 4. The van der Waals surface area contributed by atoms with E-state index in [-0.39, 0.29) is 11.3 Å². The smallest absolute Gasteiger partial charge is 0.321 e. The zero-order valence-corrected chi connectivity index (χ0v) is 13.5. The highest BCUT2D eigenvalue weighted by molar-refractivity contribution is 7.99. The summed E-state index contributed by atoms with van der Waals surface area (Å²) in [6.45, 7) is 3.82. The van der Waals surface area contributed by atoms with Crippen LogP contribution in [0.5, 0.6) is 0 Å². The van der Waals surface area contributed by atoms with Gasteiger partial charge in [-0.3, -0.25) is 0 Å². The van der Waals surface area contributed by atoms with Crippen LogP contribution in [0.1, 0.15) is 24.2 Å². The number of hydrogen-bond donors (Lipinski definition) is 1. The highest BCUT2D eigenvalue weighted by Gasteiger charge is 2.20. The summed E-state index contributed by atoms with van der Waals surface area (Å²) >= 11 is 1.65. The summed E-state index contributed by atoms with van der Waals surface area (Å²) < 4.78 is 1.90. The van der Waals surface area contributed by atoms with Crippen molar-refractivity contribution in [1.29, 1.82) is 0 Å². The Bertz CT molecular complexity index is 667. The van der Waals surface area contributed by atoms with Gasteiger partial charge in [-0.15, -0.1) is 10.2 Å². The molecule has 7 heteroatoms. The summed E-state index contributed by atoms with van der Waals surface area (Å²) in [6, 6.07) is 7.95. The van der Waals surface area contributed by atoms with Gasteiger partial charge in [0.25, 0.3) is 0 Å². The number of carbonyl (C=O) groups is 1. The van der Waals surface area contributed by atoms with Crippen molar-refractivity contribution >= 4 is 23.5 Å². The zero-order chi connectivity index (χ0) is 15.5. The molecule has 0 bridgehead atoms. The van der Waals surface area contributed by atoms with Gasteiger partial charge in [0.15, 0.2) is 5.16 Å². The standard InChI is InChI=1S/C15H19N5OS/c1-11(22-15-18-16-10-19(15)2)12-5-3-6-13(9-12)17-14(21)20-7-4-8-20/h3,5-6,9-11H,4,7-8H2,1-2H3,(H,17,21)/t11-/m0/s1. The number of benzene rings is 1. The van der Waals surface area contributed by atoms with Crippen LogP contribution in [0.3, 0.4) is 0 Å². The quantitative estimate of drug-likeness (QED) is 0.881. The SMILES string of the molecule is C[C@H](Sc1nncn1C)c1cccc(NC(=O)N2CCC2)c1. The predicted octanol–water partition coefficient (Wildman–Crippen LogP) is 2.91. The maximum atomic E-state index is 12.0. The van der Waals surface area contributed by atoms with E-state index in [1.54, 1.807) is 18.1 Å². The second-order valence-corrected chi connectivity index (χ2v) is 6.69. The summed E-state index contributed by atoms with van der Waals surface area (Å²) in [6.07, 6.45) is 2.79. The minimum Gasteiger partial charge on any atom is -0.324 e. The Kier molecular flexibility index (Phi) is 4.33. The number of likely N-dealkylation sites (tertiary alicyclic amines) is 1. The average Bonchev–Trinajstić information content (AvgIpc) is 2.82. The van der Waals surface area contributed by atoms with Gasteiger partial charge in [-0.05, 0) is 31.0 Å². The van der Waals surface area contributed by atoms with Crippen LogP contribution in [-0.4, -0.2) is 38.8 Å². The minimum atomic E-state index is -0.0167. The third kappa shape index (κ3) is 3.24. The van der Waals surface area contributed by atoms with Crippen LogP contribution >= 0.6 is 11.8 Å². The fourth-order valence-corrected chi connectivity index (χ4v) is 3.10. The van der Waals surface area contributed by atoms with Gasteiger partial charge in [0.2, 0.25) is 0 Å². The van der Waals surface area contributed by atoms with Crippen molar-refractivity contribution < 1.29 is 4.79 Å². The maximum Gasteiger partial charge on any atom is 0.321 e. The number of amides is 2. The number of urea groups is 1. The van der Waals surface area contributed by atoms with Gasteiger partial charge in [0.1, 0.15) is 6.33 Å². The highest BCUT2D eigenvalue weighted by Crippen LogP contribution is 2.34. The molecule has 2 amide bonds. The third-order valence-electron chi connectivity index (χ3n) is 3.70. The van der Waals surface area contributed by atoms with E-state index in [1.165, 1.54) is 0 Å². The van der Waals surface area contributed by atoms with E-state index in [1.807, 2.05) is 34.7 Å². The normalized spacial score (nSPS) is 15.3. The predicted molar refractivity (Wildman–Crippen MR) is 86.9 cm³/mol. The van der Waals surface area contributed by atoms with Crippen LogP contribution in [0.4, 0.5) is 10.5 Å². The Morgan fingerprint density at radius 1 is 1.41 bits per heavy atom. The molecule has 0 aliphatic carbocycles. The maximum absolute atomic E-state index is 12.0. The second-order valence-electron chi connectivity index (χ2n) is 5.38. The van der Waals surface area contributed by atoms with Gasteiger partial charge < -0.3 is 14.8 Å². The number of nitrogens with one attached hydrogen (secondary N) is 1. The fourth-order valence-electron chi connectivity index (χ4n) is 2.20. The molecule has 6 nitrogen and oxygen atoms in total. The Morgan fingerprint density at radius 2 is 2.23 bits per heavy atom. The molecule has 0 saturated carbocycles. The van der Waals surface area contributed by atoms with Crippen molar-refractivity contribution in [3.8, 4) is 0 Å². The summed E-state index contributed by atoms with van der Waals surface area (Å²) in [7, 11) is 1.93. The largest absolute Gasteiger partial charge is 0.324 e. The first-order valence-electron chi connectivity index (χ1n) is 7.30. The molecule has 1 saturated heterocycles. The van der Waals surface area contributed by atoms with Crippen molar-refractivity contribution in [2.24, 2.45) is 7.05 Å². The molecule has 2 heterocycles. The van der Waals surface area contributed by atoms with E-state index in [0.29, 0.717) is 0 Å². The summed E-state index contributed by atoms with van der Waals surface area (Å²) in [5.74, 6) is 0. The van der Waals surface area contributed by atoms with Crippen molar-refractivity contribution in [2.45, 2.75) is 23.8 Å². The first-order valence-corrected chi connectivity index (χ1v) is 8.18. The topological polar surface area (TPSA) is 63.1 Å². The molecule has 0 spiro atoms. The van der Waals surface area contributed by atoms with Gasteiger partial charge in [-0.2, -0.15) is 0 Å². The van der Waals surface area contributed by atoms with Crippen LogP contribution in [0.15, 0.2) is 35.7 Å². The molecule has 22 heavy (non-hydrogen) atoms. The number of rotatable bonds is 4. The Labute approximate surface area is 133 Å². The molecule has 0 unspecified atom stereocenters. The molecule has 1 fully saturated rings. The lowest BCUT2D eigenvalue weighted by Crippen LogP contribution is -2.44. The lowest BCUT2D eigenvalue weighted by molar-refractivity contribution is 0.181. The molecule has 1 aromatic heterocycles. The van der Waals surface area contributed by atoms with E-state index >= 15 is 0 Å². The number of aromatic nitrogens is 3. The Hall–Kier alpha value is -2.02. The molecule has 1 aliphatic heterocycles. The second kappa shape index (κ2) is 6.39.